The molecule has 2 aliphatic rings. The zero-order valence-corrected chi connectivity index (χ0v) is 23.4. The first-order valence-corrected chi connectivity index (χ1v) is 13.8. The molecule has 0 unspecified atom stereocenters. The average Bonchev–Trinajstić information content (AvgIpc) is 3.31. The molecule has 6 rings (SSSR count). The molecule has 1 aliphatic heterocycles. The van der Waals surface area contributed by atoms with Crippen LogP contribution in [0, 0.1) is 0 Å². The van der Waals surface area contributed by atoms with Gasteiger partial charge in [0.05, 0.1) is 11.2 Å². The summed E-state index contributed by atoms with van der Waals surface area (Å²) in [5.41, 5.74) is 2.93. The highest BCUT2D eigenvalue weighted by Crippen LogP contribution is 2.50. The molecule has 0 atom stereocenters. The molecule has 2 aromatic carbocycles. The predicted molar refractivity (Wildman–Crippen MR) is 149 cm³/mol. The summed E-state index contributed by atoms with van der Waals surface area (Å²) in [5.74, 6) is 0.226. The topological polar surface area (TPSA) is 93.4 Å². The van der Waals surface area contributed by atoms with Gasteiger partial charge in [-0.2, -0.15) is 13.2 Å². The van der Waals surface area contributed by atoms with Gasteiger partial charge in [-0.05, 0) is 57.2 Å². The molecule has 1 N–H and O–H groups in total. The number of halogens is 3. The Morgan fingerprint density at radius 2 is 1.71 bits per heavy atom. The van der Waals surface area contributed by atoms with Gasteiger partial charge in [0.25, 0.3) is 0 Å². The van der Waals surface area contributed by atoms with Crippen LogP contribution in [0.25, 0.3) is 28.1 Å². The minimum absolute atomic E-state index is 0.0612. The third-order valence-electron chi connectivity index (χ3n) is 7.95. The van der Waals surface area contributed by atoms with Crippen LogP contribution >= 0.6 is 0 Å². The Hall–Kier alpha value is -4.41. The third kappa shape index (κ3) is 4.76. The second-order valence-corrected chi connectivity index (χ2v) is 11.8. The molecule has 0 saturated heterocycles. The maximum atomic E-state index is 13.3. The predicted octanol–water partition coefficient (Wildman–Crippen LogP) is 7.15. The highest BCUT2D eigenvalue weighted by atomic mass is 19.4. The number of alkyl halides is 3. The zero-order valence-electron chi connectivity index (χ0n) is 23.4. The molecule has 8 nitrogen and oxygen atoms in total. The summed E-state index contributed by atoms with van der Waals surface area (Å²) >= 11 is 0. The monoisotopic (exact) mass is 577 g/mol. The van der Waals surface area contributed by atoms with Crippen molar-refractivity contribution in [1.29, 1.82) is 0 Å². The molecule has 1 saturated carbocycles. The Balaban J connectivity index is 1.47. The van der Waals surface area contributed by atoms with Gasteiger partial charge in [0.1, 0.15) is 17.9 Å². The Kier molecular flexibility index (Phi) is 6.51. The lowest BCUT2D eigenvalue weighted by atomic mass is 9.69. The van der Waals surface area contributed by atoms with Gasteiger partial charge in [0.2, 0.25) is 5.88 Å². The van der Waals surface area contributed by atoms with Crippen molar-refractivity contribution in [2.75, 3.05) is 0 Å². The van der Waals surface area contributed by atoms with Gasteiger partial charge in [-0.15, -0.1) is 10.2 Å². The Bertz CT molecular complexity index is 1640. The van der Waals surface area contributed by atoms with E-state index in [1.165, 1.54) is 4.57 Å². The molecule has 1 aliphatic carbocycles. The molecule has 3 heterocycles. The lowest BCUT2D eigenvalue weighted by molar-refractivity contribution is -0.128. The van der Waals surface area contributed by atoms with Gasteiger partial charge in [-0.3, -0.25) is 9.47 Å². The van der Waals surface area contributed by atoms with Crippen molar-refractivity contribution in [3.63, 3.8) is 0 Å². The van der Waals surface area contributed by atoms with Crippen LogP contribution in [0.15, 0.2) is 60.7 Å². The molecule has 11 heteroatoms. The Morgan fingerprint density at radius 1 is 1.02 bits per heavy atom. The maximum absolute atomic E-state index is 13.3. The molecule has 0 bridgehead atoms. The van der Waals surface area contributed by atoms with E-state index in [0.29, 0.717) is 16.9 Å². The molecule has 1 fully saturated rings. The summed E-state index contributed by atoms with van der Waals surface area (Å²) in [4.78, 5) is 18.8. The van der Waals surface area contributed by atoms with Crippen molar-refractivity contribution in [3.8, 4) is 34.0 Å². The van der Waals surface area contributed by atoms with E-state index in [1.807, 2.05) is 75.4 Å². The highest BCUT2D eigenvalue weighted by molar-refractivity contribution is 5.83. The molecule has 42 heavy (non-hydrogen) atoms. The standard InChI is InChI=1S/C31H30F3N5O3/c1-29(2,3)39(28(40)41)30(14-7-15-30)21-12-10-20(11-13-21)26-22(19-8-5-4-6-9-19)16-23-27(35-26)42-18-25-37-36-24(38(23)25)17-31(32,33)34/h4-6,8-13,16H,7,14-15,17-18H2,1-3H3,(H,40,41). The number of hydrogen-bond donors (Lipinski definition) is 1. The van der Waals surface area contributed by atoms with Crippen LogP contribution in [0.3, 0.4) is 0 Å². The summed E-state index contributed by atoms with van der Waals surface area (Å²) in [6, 6.07) is 19.0. The number of benzene rings is 2. The van der Waals surface area contributed by atoms with Crippen LogP contribution < -0.4 is 4.74 Å². The number of amides is 1. The fourth-order valence-electron chi connectivity index (χ4n) is 6.17. The van der Waals surface area contributed by atoms with Crippen molar-refractivity contribution >= 4 is 6.09 Å². The van der Waals surface area contributed by atoms with E-state index < -0.39 is 29.8 Å². The van der Waals surface area contributed by atoms with Crippen molar-refractivity contribution in [1.82, 2.24) is 24.6 Å². The minimum atomic E-state index is -4.46. The number of hydrogen-bond acceptors (Lipinski definition) is 5. The summed E-state index contributed by atoms with van der Waals surface area (Å²) in [7, 11) is 0. The number of pyridine rings is 1. The van der Waals surface area contributed by atoms with E-state index in [1.54, 1.807) is 11.0 Å². The molecule has 0 radical (unpaired) electrons. The summed E-state index contributed by atoms with van der Waals surface area (Å²) in [5, 5.41) is 17.9. The van der Waals surface area contributed by atoms with Gasteiger partial charge in [-0.1, -0.05) is 54.6 Å². The fraction of sp³-hybridized carbons (Fsp3) is 0.355. The number of rotatable bonds is 5. The fourth-order valence-corrected chi connectivity index (χ4v) is 6.17. The quantitative estimate of drug-likeness (QED) is 0.271. The van der Waals surface area contributed by atoms with Crippen LogP contribution in [0.1, 0.15) is 57.2 Å². The van der Waals surface area contributed by atoms with Gasteiger partial charge in [-0.25, -0.2) is 9.78 Å². The van der Waals surface area contributed by atoms with Gasteiger partial charge in [0.15, 0.2) is 12.4 Å². The van der Waals surface area contributed by atoms with Gasteiger partial charge >= 0.3 is 12.3 Å². The van der Waals surface area contributed by atoms with Crippen molar-refractivity contribution in [2.45, 2.75) is 70.3 Å². The largest absolute Gasteiger partial charge is 0.468 e. The van der Waals surface area contributed by atoms with Crippen LogP contribution in [-0.4, -0.2) is 47.6 Å². The average molecular weight is 578 g/mol. The molecule has 4 aromatic rings. The maximum Gasteiger partial charge on any atom is 0.408 e. The minimum Gasteiger partial charge on any atom is -0.468 e. The second-order valence-electron chi connectivity index (χ2n) is 11.8. The van der Waals surface area contributed by atoms with Crippen LogP contribution in [0.4, 0.5) is 18.0 Å². The van der Waals surface area contributed by atoms with Crippen molar-refractivity contribution in [2.24, 2.45) is 0 Å². The smallest absolute Gasteiger partial charge is 0.408 e. The Labute approximate surface area is 240 Å². The van der Waals surface area contributed by atoms with Crippen molar-refractivity contribution in [3.05, 3.63) is 77.9 Å². The molecule has 218 valence electrons. The normalized spacial score (nSPS) is 15.7. The SMILES string of the molecule is CC(C)(C)N(C(=O)O)C1(c2ccc(-c3nc4c(cc3-c3ccccc3)-n3c(nnc3CC(F)(F)F)CO4)cc2)CCC1. The summed E-state index contributed by atoms with van der Waals surface area (Å²) in [6.07, 6.45) is -4.24. The third-order valence-corrected chi connectivity index (χ3v) is 7.95. The van der Waals surface area contributed by atoms with E-state index in [-0.39, 0.29) is 24.1 Å². The first-order valence-electron chi connectivity index (χ1n) is 13.8. The van der Waals surface area contributed by atoms with E-state index in [9.17, 15) is 23.1 Å². The van der Waals surface area contributed by atoms with Crippen LogP contribution in [0.5, 0.6) is 5.88 Å². The number of ether oxygens (including phenoxy) is 1. The summed E-state index contributed by atoms with van der Waals surface area (Å²) < 4.78 is 47.2. The molecule has 0 spiro atoms. The van der Waals surface area contributed by atoms with Gasteiger partial charge in [0, 0.05) is 16.7 Å². The van der Waals surface area contributed by atoms with E-state index in [0.717, 1.165) is 36.0 Å². The summed E-state index contributed by atoms with van der Waals surface area (Å²) in [6.45, 7) is 5.65. The molecule has 2 aromatic heterocycles. The second kappa shape index (κ2) is 9.85. The molecular formula is C31H30F3N5O3. The van der Waals surface area contributed by atoms with Crippen molar-refractivity contribution < 1.29 is 27.8 Å². The number of carbonyl (C=O) groups is 1. The Morgan fingerprint density at radius 3 is 2.29 bits per heavy atom. The first-order chi connectivity index (χ1) is 19.9. The highest BCUT2D eigenvalue weighted by Gasteiger charge is 2.50. The van der Waals surface area contributed by atoms with Crippen LogP contribution in [0.2, 0.25) is 0 Å². The van der Waals surface area contributed by atoms with E-state index in [2.05, 4.69) is 10.2 Å². The van der Waals surface area contributed by atoms with E-state index >= 15 is 0 Å². The number of fused-ring (bicyclic) bond motifs is 3. The zero-order chi connectivity index (χ0) is 29.9. The lowest BCUT2D eigenvalue weighted by Gasteiger charge is -2.54. The molecular weight excluding hydrogens is 547 g/mol. The van der Waals surface area contributed by atoms with E-state index in [4.69, 9.17) is 9.72 Å². The lowest BCUT2D eigenvalue weighted by Crippen LogP contribution is -2.60. The first kappa shape index (κ1) is 27.7. The van der Waals surface area contributed by atoms with Gasteiger partial charge < -0.3 is 9.84 Å². The number of aromatic nitrogens is 4. The van der Waals surface area contributed by atoms with Crippen LogP contribution in [-0.2, 0) is 18.6 Å². The number of nitrogens with zero attached hydrogens (tertiary/aromatic N) is 5. The molecule has 1 amide bonds. The number of carboxylic acid groups (broad SMARTS) is 1.